The average Bonchev–Trinajstić information content (AvgIpc) is 3.03. The Labute approximate surface area is 129 Å². The summed E-state index contributed by atoms with van der Waals surface area (Å²) < 4.78 is 0. The van der Waals surface area contributed by atoms with Gasteiger partial charge < -0.3 is 15.2 Å². The highest BCUT2D eigenvalue weighted by Crippen LogP contribution is 2.22. The lowest BCUT2D eigenvalue weighted by Crippen LogP contribution is -2.34. The second kappa shape index (κ2) is 6.47. The van der Waals surface area contributed by atoms with Crippen molar-refractivity contribution in [3.8, 4) is 0 Å². The van der Waals surface area contributed by atoms with Crippen LogP contribution < -0.4 is 15.8 Å². The molecule has 2 N–H and O–H groups in total. The first-order chi connectivity index (χ1) is 10.7. The monoisotopic (exact) mass is 297 g/mol. The fourth-order valence-electron chi connectivity index (χ4n) is 2.81. The molecule has 3 rings (SSSR count). The number of aromatic nitrogens is 1. The Morgan fingerprint density at radius 1 is 1.23 bits per heavy atom. The van der Waals surface area contributed by atoms with Crippen LogP contribution in [0.2, 0.25) is 0 Å². The summed E-state index contributed by atoms with van der Waals surface area (Å²) in [6.45, 7) is 2.52. The van der Waals surface area contributed by atoms with Crippen LogP contribution >= 0.6 is 0 Å². The summed E-state index contributed by atoms with van der Waals surface area (Å²) in [6, 6.07) is 13.5. The molecule has 0 radical (unpaired) electrons. The Bertz CT molecular complexity index is 696. The van der Waals surface area contributed by atoms with Crippen LogP contribution in [0.5, 0.6) is 0 Å². The standard InChI is InChI=1S/C17H19N3O2/c21-16-15(7-4-9-18-16)17(22)19-11-13-8-10-20(12-13)14-5-2-1-3-6-14/h1-7,9,13H,8,10-12H2,(H,18,21)(H,19,22). The molecule has 22 heavy (non-hydrogen) atoms. The number of anilines is 1. The highest BCUT2D eigenvalue weighted by molar-refractivity contribution is 5.93. The first-order valence-corrected chi connectivity index (χ1v) is 7.50. The van der Waals surface area contributed by atoms with Gasteiger partial charge in [0.05, 0.1) is 0 Å². The number of hydrogen-bond acceptors (Lipinski definition) is 3. The number of rotatable bonds is 4. The van der Waals surface area contributed by atoms with Gasteiger partial charge in [-0.1, -0.05) is 18.2 Å². The zero-order valence-corrected chi connectivity index (χ0v) is 12.3. The Kier molecular flexibility index (Phi) is 4.23. The minimum absolute atomic E-state index is 0.167. The molecule has 0 saturated carbocycles. The normalized spacial score (nSPS) is 17.5. The van der Waals surface area contributed by atoms with E-state index in [0.717, 1.165) is 19.5 Å². The molecule has 1 amide bonds. The maximum absolute atomic E-state index is 12.0. The molecule has 0 spiro atoms. The topological polar surface area (TPSA) is 65.2 Å². The van der Waals surface area contributed by atoms with Gasteiger partial charge in [-0.05, 0) is 36.6 Å². The van der Waals surface area contributed by atoms with Gasteiger partial charge in [0.1, 0.15) is 5.56 Å². The molecule has 5 heteroatoms. The van der Waals surface area contributed by atoms with Gasteiger partial charge in [0.2, 0.25) is 0 Å². The van der Waals surface area contributed by atoms with Crippen molar-refractivity contribution in [2.45, 2.75) is 6.42 Å². The summed E-state index contributed by atoms with van der Waals surface area (Å²) in [5, 5.41) is 2.87. The van der Waals surface area contributed by atoms with Crippen LogP contribution in [-0.4, -0.2) is 30.5 Å². The molecule has 2 heterocycles. The fraction of sp³-hybridized carbons (Fsp3) is 0.294. The maximum Gasteiger partial charge on any atom is 0.260 e. The van der Waals surface area contributed by atoms with E-state index in [1.165, 1.54) is 11.9 Å². The lowest BCUT2D eigenvalue weighted by Gasteiger charge is -2.18. The third-order valence-corrected chi connectivity index (χ3v) is 4.02. The number of para-hydroxylation sites is 1. The highest BCUT2D eigenvalue weighted by Gasteiger charge is 2.23. The van der Waals surface area contributed by atoms with E-state index < -0.39 is 0 Å². The minimum Gasteiger partial charge on any atom is -0.371 e. The third kappa shape index (κ3) is 3.19. The maximum atomic E-state index is 12.0. The van der Waals surface area contributed by atoms with Crippen molar-refractivity contribution in [3.05, 3.63) is 64.6 Å². The van der Waals surface area contributed by atoms with E-state index in [0.29, 0.717) is 12.5 Å². The van der Waals surface area contributed by atoms with E-state index in [9.17, 15) is 9.59 Å². The summed E-state index contributed by atoms with van der Waals surface area (Å²) >= 11 is 0. The van der Waals surface area contributed by atoms with E-state index in [1.54, 1.807) is 12.1 Å². The summed E-state index contributed by atoms with van der Waals surface area (Å²) in [7, 11) is 0. The van der Waals surface area contributed by atoms with Gasteiger partial charge >= 0.3 is 0 Å². The van der Waals surface area contributed by atoms with Crippen molar-refractivity contribution in [1.82, 2.24) is 10.3 Å². The van der Waals surface area contributed by atoms with Gasteiger partial charge in [-0.25, -0.2) is 0 Å². The fourth-order valence-corrected chi connectivity index (χ4v) is 2.81. The van der Waals surface area contributed by atoms with Crippen LogP contribution in [0.15, 0.2) is 53.5 Å². The molecule has 114 valence electrons. The number of aromatic amines is 1. The Hall–Kier alpha value is -2.56. The number of pyridine rings is 1. The van der Waals surface area contributed by atoms with Crippen LogP contribution in [0.3, 0.4) is 0 Å². The lowest BCUT2D eigenvalue weighted by molar-refractivity contribution is 0.0946. The van der Waals surface area contributed by atoms with Gasteiger partial charge in [-0.2, -0.15) is 0 Å². The quantitative estimate of drug-likeness (QED) is 0.901. The van der Waals surface area contributed by atoms with Crippen molar-refractivity contribution < 1.29 is 4.79 Å². The Morgan fingerprint density at radius 2 is 2.05 bits per heavy atom. The predicted octanol–water partition coefficient (Wildman–Crippen LogP) is 1.63. The van der Waals surface area contributed by atoms with Crippen molar-refractivity contribution >= 4 is 11.6 Å². The van der Waals surface area contributed by atoms with Crippen LogP contribution in [0.1, 0.15) is 16.8 Å². The molecule has 2 aromatic rings. The van der Waals surface area contributed by atoms with Gasteiger partial charge in [0.15, 0.2) is 0 Å². The van der Waals surface area contributed by atoms with Gasteiger partial charge in [-0.15, -0.1) is 0 Å². The average molecular weight is 297 g/mol. The number of amides is 1. The van der Waals surface area contributed by atoms with Crippen molar-refractivity contribution in [3.63, 3.8) is 0 Å². The molecule has 1 aromatic heterocycles. The minimum atomic E-state index is -0.350. The largest absolute Gasteiger partial charge is 0.371 e. The Morgan fingerprint density at radius 3 is 2.82 bits per heavy atom. The van der Waals surface area contributed by atoms with E-state index >= 15 is 0 Å². The molecule has 0 bridgehead atoms. The zero-order chi connectivity index (χ0) is 15.4. The first-order valence-electron chi connectivity index (χ1n) is 7.50. The lowest BCUT2D eigenvalue weighted by atomic mass is 10.1. The number of hydrogen-bond donors (Lipinski definition) is 2. The number of H-pyrrole nitrogens is 1. The van der Waals surface area contributed by atoms with Crippen LogP contribution in [-0.2, 0) is 0 Å². The summed E-state index contributed by atoms with van der Waals surface area (Å²) in [5.74, 6) is 0.104. The van der Waals surface area contributed by atoms with E-state index in [1.807, 2.05) is 18.2 Å². The second-order valence-corrected chi connectivity index (χ2v) is 5.56. The van der Waals surface area contributed by atoms with Crippen LogP contribution in [0.4, 0.5) is 5.69 Å². The smallest absolute Gasteiger partial charge is 0.260 e. The molecule has 1 aliphatic heterocycles. The zero-order valence-electron chi connectivity index (χ0n) is 12.3. The number of nitrogens with zero attached hydrogens (tertiary/aromatic N) is 1. The highest BCUT2D eigenvalue weighted by atomic mass is 16.2. The molecule has 1 unspecified atom stereocenters. The third-order valence-electron chi connectivity index (χ3n) is 4.02. The molecule has 5 nitrogen and oxygen atoms in total. The van der Waals surface area contributed by atoms with E-state index in [4.69, 9.17) is 0 Å². The summed E-state index contributed by atoms with van der Waals surface area (Å²) in [4.78, 5) is 28.4. The van der Waals surface area contributed by atoms with Gasteiger partial charge in [0.25, 0.3) is 11.5 Å². The van der Waals surface area contributed by atoms with Crippen molar-refractivity contribution in [1.29, 1.82) is 0 Å². The molecule has 1 saturated heterocycles. The molecule has 1 fully saturated rings. The number of benzene rings is 1. The van der Waals surface area contributed by atoms with Crippen molar-refractivity contribution in [2.24, 2.45) is 5.92 Å². The van der Waals surface area contributed by atoms with E-state index in [2.05, 4.69) is 27.3 Å². The molecular formula is C17H19N3O2. The molecule has 1 atom stereocenters. The molecule has 1 aromatic carbocycles. The predicted molar refractivity (Wildman–Crippen MR) is 86.2 cm³/mol. The Balaban J connectivity index is 1.54. The number of nitrogens with one attached hydrogen (secondary N) is 2. The van der Waals surface area contributed by atoms with Gasteiger partial charge in [-0.3, -0.25) is 9.59 Å². The molecule has 0 aliphatic carbocycles. The van der Waals surface area contributed by atoms with Gasteiger partial charge in [0, 0.05) is 31.5 Å². The molecule has 1 aliphatic rings. The summed E-state index contributed by atoms with van der Waals surface area (Å²) in [6.07, 6.45) is 2.56. The molecular weight excluding hydrogens is 278 g/mol. The van der Waals surface area contributed by atoms with E-state index in [-0.39, 0.29) is 17.0 Å². The SMILES string of the molecule is O=C(NCC1CCN(c2ccccc2)C1)c1ccc[nH]c1=O. The number of carbonyl (C=O) groups excluding carboxylic acids is 1. The second-order valence-electron chi connectivity index (χ2n) is 5.56. The van der Waals surface area contributed by atoms with Crippen LogP contribution in [0.25, 0.3) is 0 Å². The first kappa shape index (κ1) is 14.4. The summed E-state index contributed by atoms with van der Waals surface area (Å²) in [5.41, 5.74) is 1.04. The van der Waals surface area contributed by atoms with Crippen LogP contribution in [0, 0.1) is 5.92 Å². The number of carbonyl (C=O) groups is 1. The van der Waals surface area contributed by atoms with Crippen molar-refractivity contribution in [2.75, 3.05) is 24.5 Å².